The van der Waals surface area contributed by atoms with Gasteiger partial charge < -0.3 is 20.1 Å². The van der Waals surface area contributed by atoms with Gasteiger partial charge in [-0.05, 0) is 42.7 Å². The minimum absolute atomic E-state index is 0.0306. The van der Waals surface area contributed by atoms with E-state index in [1.54, 1.807) is 12.1 Å². The lowest BCUT2D eigenvalue weighted by Gasteiger charge is -2.29. The highest BCUT2D eigenvalue weighted by Gasteiger charge is 2.38. The van der Waals surface area contributed by atoms with Crippen LogP contribution in [0.25, 0.3) is 11.0 Å². The monoisotopic (exact) mass is 429 g/mol. The molecular weight excluding hydrogens is 402 g/mol. The zero-order valence-electron chi connectivity index (χ0n) is 18.0. The molecule has 3 N–H and O–H groups in total. The van der Waals surface area contributed by atoms with Gasteiger partial charge in [-0.25, -0.2) is 4.98 Å². The molecule has 3 aromatic carbocycles. The van der Waals surface area contributed by atoms with Gasteiger partial charge >= 0.3 is 0 Å². The Balaban J connectivity index is 1.87. The van der Waals surface area contributed by atoms with Gasteiger partial charge in [-0.3, -0.25) is 4.79 Å². The maximum Gasteiger partial charge on any atom is 0.251 e. The summed E-state index contributed by atoms with van der Waals surface area (Å²) in [7, 11) is 0. The minimum Gasteiger partial charge on any atom is -0.396 e. The Morgan fingerprint density at radius 2 is 1.62 bits per heavy atom. The fourth-order valence-corrected chi connectivity index (χ4v) is 4.03. The van der Waals surface area contributed by atoms with Crippen molar-refractivity contribution in [3.8, 4) is 0 Å². The number of benzene rings is 3. The Morgan fingerprint density at radius 3 is 2.19 bits per heavy atom. The maximum atomic E-state index is 12.5. The summed E-state index contributed by atoms with van der Waals surface area (Å²) in [5, 5.41) is 23.9. The van der Waals surface area contributed by atoms with Crippen molar-refractivity contribution in [1.29, 1.82) is 0 Å². The zero-order valence-corrected chi connectivity index (χ0v) is 18.0. The molecule has 32 heavy (non-hydrogen) atoms. The number of carbonyl (C=O) groups is 1. The van der Waals surface area contributed by atoms with E-state index in [0.717, 1.165) is 16.6 Å². The largest absolute Gasteiger partial charge is 0.396 e. The summed E-state index contributed by atoms with van der Waals surface area (Å²) in [6.07, 6.45) is 0.506. The number of hydrogen-bond acceptors (Lipinski definition) is 4. The standard InChI is InChI=1S/C26H27N3O3/c1-2-29-23-18-19(24(31)27-16-9-17-30)14-15-22(23)28-25(29)26(32,20-10-5-3-6-11-20)21-12-7-4-8-13-21/h3-8,10-15,18,30,32H,2,9,16-17H2,1H3,(H,27,31). The number of aliphatic hydroxyl groups excluding tert-OH is 1. The predicted molar refractivity (Wildman–Crippen MR) is 124 cm³/mol. The van der Waals surface area contributed by atoms with Gasteiger partial charge in [0.15, 0.2) is 11.4 Å². The Labute approximate surface area is 187 Å². The molecule has 0 aliphatic rings. The predicted octanol–water partition coefficient (Wildman–Crippen LogP) is 3.45. The van der Waals surface area contributed by atoms with E-state index in [-0.39, 0.29) is 12.5 Å². The average Bonchev–Trinajstić information content (AvgIpc) is 3.23. The van der Waals surface area contributed by atoms with Gasteiger partial charge in [0, 0.05) is 25.3 Å². The molecule has 0 saturated heterocycles. The van der Waals surface area contributed by atoms with E-state index in [1.165, 1.54) is 0 Å². The molecule has 0 aliphatic heterocycles. The van der Waals surface area contributed by atoms with E-state index in [9.17, 15) is 9.90 Å². The van der Waals surface area contributed by atoms with Crippen LogP contribution in [0.2, 0.25) is 0 Å². The molecule has 1 heterocycles. The lowest BCUT2D eigenvalue weighted by molar-refractivity contribution is 0.0951. The van der Waals surface area contributed by atoms with Crippen LogP contribution in [0.5, 0.6) is 0 Å². The van der Waals surface area contributed by atoms with Crippen molar-refractivity contribution in [2.24, 2.45) is 0 Å². The molecule has 0 saturated carbocycles. The molecule has 4 aromatic rings. The molecule has 1 aromatic heterocycles. The van der Waals surface area contributed by atoms with Crippen molar-refractivity contribution in [2.45, 2.75) is 25.5 Å². The van der Waals surface area contributed by atoms with Crippen molar-refractivity contribution in [3.05, 3.63) is 101 Å². The molecule has 4 rings (SSSR count). The number of nitrogens with one attached hydrogen (secondary N) is 1. The number of imidazole rings is 1. The van der Waals surface area contributed by atoms with Crippen LogP contribution < -0.4 is 5.32 Å². The van der Waals surface area contributed by atoms with Crippen LogP contribution in [0.15, 0.2) is 78.9 Å². The highest BCUT2D eigenvalue weighted by Crippen LogP contribution is 2.37. The first kappa shape index (κ1) is 21.7. The van der Waals surface area contributed by atoms with E-state index in [2.05, 4.69) is 5.32 Å². The second kappa shape index (κ2) is 9.34. The van der Waals surface area contributed by atoms with Gasteiger partial charge in [-0.15, -0.1) is 0 Å². The van der Waals surface area contributed by atoms with E-state index < -0.39 is 5.60 Å². The molecule has 0 spiro atoms. The van der Waals surface area contributed by atoms with Crippen LogP contribution in [0.1, 0.15) is 40.7 Å². The number of nitrogens with zero attached hydrogens (tertiary/aromatic N) is 2. The molecule has 0 radical (unpaired) electrons. The molecule has 6 nitrogen and oxygen atoms in total. The number of rotatable bonds is 8. The summed E-state index contributed by atoms with van der Waals surface area (Å²) in [4.78, 5) is 17.4. The van der Waals surface area contributed by atoms with Crippen molar-refractivity contribution in [2.75, 3.05) is 13.2 Å². The number of carbonyl (C=O) groups excluding carboxylic acids is 1. The van der Waals surface area contributed by atoms with Crippen molar-refractivity contribution in [1.82, 2.24) is 14.9 Å². The fraction of sp³-hybridized carbons (Fsp3) is 0.231. The molecule has 1 amide bonds. The van der Waals surface area contributed by atoms with Gasteiger partial charge in [-0.1, -0.05) is 60.7 Å². The number of aromatic nitrogens is 2. The third kappa shape index (κ3) is 3.90. The third-order valence-electron chi connectivity index (χ3n) is 5.65. The number of amides is 1. The molecule has 0 aliphatic carbocycles. The van der Waals surface area contributed by atoms with Crippen LogP contribution >= 0.6 is 0 Å². The van der Waals surface area contributed by atoms with Crippen molar-refractivity contribution >= 4 is 16.9 Å². The first-order valence-corrected chi connectivity index (χ1v) is 10.8. The normalized spacial score (nSPS) is 11.6. The fourth-order valence-electron chi connectivity index (χ4n) is 4.03. The van der Waals surface area contributed by atoms with Crippen LogP contribution in [0.3, 0.4) is 0 Å². The molecule has 6 heteroatoms. The Hall–Kier alpha value is -3.48. The summed E-state index contributed by atoms with van der Waals surface area (Å²) in [5.74, 6) is 0.303. The van der Waals surface area contributed by atoms with Crippen LogP contribution in [0.4, 0.5) is 0 Å². The smallest absolute Gasteiger partial charge is 0.251 e. The molecule has 164 valence electrons. The summed E-state index contributed by atoms with van der Waals surface area (Å²) in [5.41, 5.74) is 1.98. The highest BCUT2D eigenvalue weighted by atomic mass is 16.3. The lowest BCUT2D eigenvalue weighted by atomic mass is 9.85. The van der Waals surface area contributed by atoms with E-state index in [4.69, 9.17) is 10.1 Å². The van der Waals surface area contributed by atoms with Gasteiger partial charge in [-0.2, -0.15) is 0 Å². The molecular formula is C26H27N3O3. The Kier molecular flexibility index (Phi) is 6.35. The van der Waals surface area contributed by atoms with E-state index in [0.29, 0.717) is 36.4 Å². The van der Waals surface area contributed by atoms with Crippen LogP contribution in [-0.2, 0) is 12.1 Å². The lowest BCUT2D eigenvalue weighted by Crippen LogP contribution is -2.32. The quantitative estimate of drug-likeness (QED) is 0.375. The van der Waals surface area contributed by atoms with Crippen molar-refractivity contribution in [3.63, 3.8) is 0 Å². The highest BCUT2D eigenvalue weighted by molar-refractivity contribution is 5.97. The Morgan fingerprint density at radius 1 is 1.00 bits per heavy atom. The molecule has 0 atom stereocenters. The van der Waals surface area contributed by atoms with Gasteiger partial charge in [0.05, 0.1) is 11.0 Å². The maximum absolute atomic E-state index is 12.5. The second-order valence-corrected chi connectivity index (χ2v) is 7.66. The van der Waals surface area contributed by atoms with Gasteiger partial charge in [0.2, 0.25) is 0 Å². The molecule has 0 bridgehead atoms. The summed E-state index contributed by atoms with van der Waals surface area (Å²) in [6, 6.07) is 24.4. The molecule has 0 unspecified atom stereocenters. The topological polar surface area (TPSA) is 87.4 Å². The van der Waals surface area contributed by atoms with Crippen molar-refractivity contribution < 1.29 is 15.0 Å². The number of aryl methyl sites for hydroxylation is 1. The SMILES string of the molecule is CCn1c(C(O)(c2ccccc2)c2ccccc2)nc2ccc(C(=O)NCCCO)cc21. The van der Waals surface area contributed by atoms with Crippen LogP contribution in [-0.4, -0.2) is 38.8 Å². The first-order valence-electron chi connectivity index (χ1n) is 10.8. The summed E-state index contributed by atoms with van der Waals surface area (Å²) < 4.78 is 1.96. The second-order valence-electron chi connectivity index (χ2n) is 7.66. The third-order valence-corrected chi connectivity index (χ3v) is 5.65. The minimum atomic E-state index is -1.46. The van der Waals surface area contributed by atoms with E-state index in [1.807, 2.05) is 78.2 Å². The number of hydrogen-bond donors (Lipinski definition) is 3. The number of fused-ring (bicyclic) bond motifs is 1. The van der Waals surface area contributed by atoms with Crippen LogP contribution in [0, 0.1) is 0 Å². The van der Waals surface area contributed by atoms with Gasteiger partial charge in [0.1, 0.15) is 0 Å². The zero-order chi connectivity index (χ0) is 22.6. The number of aliphatic hydroxyl groups is 2. The molecule has 0 fully saturated rings. The first-order chi connectivity index (χ1) is 15.6. The average molecular weight is 430 g/mol. The van der Waals surface area contributed by atoms with Gasteiger partial charge in [0.25, 0.3) is 5.91 Å². The summed E-state index contributed by atoms with van der Waals surface area (Å²) >= 11 is 0. The van der Waals surface area contributed by atoms with E-state index >= 15 is 0 Å². The summed E-state index contributed by atoms with van der Waals surface area (Å²) in [6.45, 7) is 3.01. The Bertz CT molecular complexity index is 1160.